The third-order valence-corrected chi connectivity index (χ3v) is 9.53. The molecule has 4 aromatic carbocycles. The summed E-state index contributed by atoms with van der Waals surface area (Å²) in [4.78, 5) is 4.80. The molecule has 0 unspecified atom stereocenters. The Morgan fingerprint density at radius 2 is 1.44 bits per heavy atom. The SMILES string of the molecule is CCc1ccnc(-n2c3ccccc3c3ccc(Oc4cc(C(C)C)cc(-n5nc(C)c(-c6c(C)cccc6C)c5C(C)C)c4)cc32)c1. The summed E-state index contributed by atoms with van der Waals surface area (Å²) in [6.07, 6.45) is 2.86. The highest BCUT2D eigenvalue weighted by molar-refractivity contribution is 6.09. The molecule has 0 atom stereocenters. The fourth-order valence-electron chi connectivity index (χ4n) is 7.11. The van der Waals surface area contributed by atoms with Crippen molar-refractivity contribution in [3.05, 3.63) is 131 Å². The van der Waals surface area contributed by atoms with Crippen molar-refractivity contribution in [2.45, 2.75) is 73.6 Å². The van der Waals surface area contributed by atoms with Gasteiger partial charge in [-0.2, -0.15) is 5.10 Å². The number of para-hydroxylation sites is 1. The summed E-state index contributed by atoms with van der Waals surface area (Å²) in [5.74, 6) is 3.06. The van der Waals surface area contributed by atoms with Crippen LogP contribution < -0.4 is 4.74 Å². The summed E-state index contributed by atoms with van der Waals surface area (Å²) >= 11 is 0. The molecule has 5 nitrogen and oxygen atoms in total. The van der Waals surface area contributed by atoms with Crippen molar-refractivity contribution in [1.82, 2.24) is 19.3 Å². The van der Waals surface area contributed by atoms with Crippen LogP contribution in [0.15, 0.2) is 97.2 Å². The van der Waals surface area contributed by atoms with Crippen LogP contribution in [0.25, 0.3) is 44.4 Å². The maximum atomic E-state index is 6.76. The maximum Gasteiger partial charge on any atom is 0.137 e. The molecule has 0 aliphatic carbocycles. The number of rotatable bonds is 8. The van der Waals surface area contributed by atoms with Crippen LogP contribution in [0.5, 0.6) is 11.5 Å². The number of benzene rings is 4. The molecule has 3 aromatic heterocycles. The van der Waals surface area contributed by atoms with E-state index < -0.39 is 0 Å². The van der Waals surface area contributed by atoms with Gasteiger partial charge in [0.1, 0.15) is 17.3 Å². The molecule has 48 heavy (non-hydrogen) atoms. The van der Waals surface area contributed by atoms with E-state index in [0.717, 1.165) is 46.2 Å². The van der Waals surface area contributed by atoms with Crippen LogP contribution >= 0.6 is 0 Å². The van der Waals surface area contributed by atoms with Crippen molar-refractivity contribution in [1.29, 1.82) is 0 Å². The van der Waals surface area contributed by atoms with Gasteiger partial charge in [0.2, 0.25) is 0 Å². The number of hydrogen-bond acceptors (Lipinski definition) is 3. The Labute approximate surface area is 283 Å². The summed E-state index contributed by atoms with van der Waals surface area (Å²) in [7, 11) is 0. The van der Waals surface area contributed by atoms with Gasteiger partial charge in [-0.1, -0.05) is 71.0 Å². The van der Waals surface area contributed by atoms with E-state index in [0.29, 0.717) is 5.92 Å². The smallest absolute Gasteiger partial charge is 0.137 e. The van der Waals surface area contributed by atoms with E-state index in [4.69, 9.17) is 14.8 Å². The van der Waals surface area contributed by atoms with E-state index >= 15 is 0 Å². The summed E-state index contributed by atoms with van der Waals surface area (Å²) in [6, 6.07) is 32.3. The molecular formula is C43H44N4O. The van der Waals surface area contributed by atoms with Crippen molar-refractivity contribution < 1.29 is 4.74 Å². The van der Waals surface area contributed by atoms with Crippen LogP contribution in [0.2, 0.25) is 0 Å². The topological polar surface area (TPSA) is 44.9 Å². The zero-order valence-corrected chi connectivity index (χ0v) is 29.3. The largest absolute Gasteiger partial charge is 0.457 e. The average Bonchev–Trinajstić information content (AvgIpc) is 3.59. The first-order valence-electron chi connectivity index (χ1n) is 17.1. The standard InChI is InChI=1S/C43H44N4O/c1-9-31-19-20-44-40(21-31)46-38-16-11-10-15-36(38)37-18-17-34(25-39(37)46)48-35-23-32(26(2)3)22-33(24-35)47-43(27(4)5)42(30(8)45-47)41-28(6)13-12-14-29(41)7/h10-27H,9H2,1-8H3. The van der Waals surface area contributed by atoms with Crippen LogP contribution in [0, 0.1) is 20.8 Å². The quantitative estimate of drug-likeness (QED) is 0.167. The summed E-state index contributed by atoms with van der Waals surface area (Å²) in [5.41, 5.74) is 13.0. The van der Waals surface area contributed by atoms with Gasteiger partial charge in [0.15, 0.2) is 0 Å². The highest BCUT2D eigenvalue weighted by Gasteiger charge is 2.24. The first kappa shape index (κ1) is 31.4. The second kappa shape index (κ2) is 12.5. The third kappa shape index (κ3) is 5.47. The van der Waals surface area contributed by atoms with Gasteiger partial charge in [-0.15, -0.1) is 0 Å². The molecule has 7 aromatic rings. The molecule has 0 radical (unpaired) electrons. The van der Waals surface area contributed by atoms with Gasteiger partial charge in [0.25, 0.3) is 0 Å². The lowest BCUT2D eigenvalue weighted by molar-refractivity contribution is 0.481. The Kier molecular flexibility index (Phi) is 8.16. The lowest BCUT2D eigenvalue weighted by Gasteiger charge is -2.18. The Hall–Kier alpha value is -5.16. The highest BCUT2D eigenvalue weighted by atomic mass is 16.5. The first-order chi connectivity index (χ1) is 23.1. The Balaban J connectivity index is 1.37. The van der Waals surface area contributed by atoms with E-state index in [-0.39, 0.29) is 5.92 Å². The van der Waals surface area contributed by atoms with Crippen LogP contribution in [-0.2, 0) is 6.42 Å². The molecule has 0 aliphatic rings. The maximum absolute atomic E-state index is 6.76. The molecule has 0 bridgehead atoms. The number of pyridine rings is 1. The van der Waals surface area contributed by atoms with Crippen molar-refractivity contribution in [2.24, 2.45) is 0 Å². The molecule has 0 spiro atoms. The Morgan fingerprint density at radius 3 is 2.17 bits per heavy atom. The number of nitrogens with zero attached hydrogens (tertiary/aromatic N) is 4. The second-order valence-corrected chi connectivity index (χ2v) is 13.6. The molecule has 0 aliphatic heterocycles. The predicted octanol–water partition coefficient (Wildman–Crippen LogP) is 11.6. The monoisotopic (exact) mass is 632 g/mol. The molecule has 0 N–H and O–H groups in total. The van der Waals surface area contributed by atoms with E-state index in [2.05, 4.69) is 156 Å². The van der Waals surface area contributed by atoms with Gasteiger partial charge < -0.3 is 4.74 Å². The van der Waals surface area contributed by atoms with E-state index in [9.17, 15) is 0 Å². The van der Waals surface area contributed by atoms with Crippen molar-refractivity contribution in [3.8, 4) is 34.1 Å². The number of aromatic nitrogens is 4. The molecule has 7 rings (SSSR count). The first-order valence-corrected chi connectivity index (χ1v) is 17.1. The number of hydrogen-bond donors (Lipinski definition) is 0. The van der Waals surface area contributed by atoms with Gasteiger partial charge in [0.05, 0.1) is 28.1 Å². The Bertz CT molecular complexity index is 2280. The van der Waals surface area contributed by atoms with Gasteiger partial charge in [-0.25, -0.2) is 9.67 Å². The van der Waals surface area contributed by atoms with Crippen molar-refractivity contribution in [3.63, 3.8) is 0 Å². The molecule has 0 fully saturated rings. The molecular weight excluding hydrogens is 589 g/mol. The van der Waals surface area contributed by atoms with E-state index in [1.54, 1.807) is 0 Å². The molecule has 0 saturated carbocycles. The van der Waals surface area contributed by atoms with Crippen LogP contribution in [-0.4, -0.2) is 19.3 Å². The third-order valence-electron chi connectivity index (χ3n) is 9.53. The minimum atomic E-state index is 0.261. The van der Waals surface area contributed by atoms with E-state index in [1.807, 2.05) is 6.20 Å². The van der Waals surface area contributed by atoms with E-state index in [1.165, 1.54) is 49.8 Å². The normalized spacial score (nSPS) is 11.8. The fourth-order valence-corrected chi connectivity index (χ4v) is 7.11. The van der Waals surface area contributed by atoms with Crippen LogP contribution in [0.3, 0.4) is 0 Å². The fraction of sp³-hybridized carbons (Fsp3) is 0.256. The zero-order chi connectivity index (χ0) is 33.7. The second-order valence-electron chi connectivity index (χ2n) is 13.6. The molecule has 0 saturated heterocycles. The van der Waals surface area contributed by atoms with Gasteiger partial charge in [-0.3, -0.25) is 4.57 Å². The van der Waals surface area contributed by atoms with Gasteiger partial charge in [-0.05, 0) is 109 Å². The molecule has 0 amide bonds. The van der Waals surface area contributed by atoms with Crippen molar-refractivity contribution in [2.75, 3.05) is 0 Å². The summed E-state index contributed by atoms with van der Waals surface area (Å²) < 4.78 is 11.2. The summed E-state index contributed by atoms with van der Waals surface area (Å²) in [6.45, 7) is 17.7. The highest BCUT2D eigenvalue weighted by Crippen LogP contribution is 2.40. The molecule has 242 valence electrons. The van der Waals surface area contributed by atoms with Gasteiger partial charge in [0, 0.05) is 34.7 Å². The lowest BCUT2D eigenvalue weighted by Crippen LogP contribution is -2.06. The number of fused-ring (bicyclic) bond motifs is 3. The Morgan fingerprint density at radius 1 is 0.688 bits per heavy atom. The van der Waals surface area contributed by atoms with Crippen LogP contribution in [0.4, 0.5) is 0 Å². The average molecular weight is 633 g/mol. The number of aryl methyl sites for hydroxylation is 4. The minimum absolute atomic E-state index is 0.261. The lowest BCUT2D eigenvalue weighted by atomic mass is 9.91. The molecule has 3 heterocycles. The summed E-state index contributed by atoms with van der Waals surface area (Å²) in [5, 5.41) is 7.55. The predicted molar refractivity (Wildman–Crippen MR) is 199 cm³/mol. The van der Waals surface area contributed by atoms with Crippen molar-refractivity contribution >= 4 is 21.8 Å². The minimum Gasteiger partial charge on any atom is -0.457 e. The number of ether oxygens (including phenoxy) is 1. The van der Waals surface area contributed by atoms with Gasteiger partial charge >= 0.3 is 0 Å². The van der Waals surface area contributed by atoms with Crippen LogP contribution in [0.1, 0.15) is 80.1 Å². The zero-order valence-electron chi connectivity index (χ0n) is 29.3. The molecule has 5 heteroatoms.